The molecular weight excluding hydrogens is 216 g/mol. The predicted octanol–water partition coefficient (Wildman–Crippen LogP) is 4.02. The van der Waals surface area contributed by atoms with Gasteiger partial charge in [0.15, 0.2) is 0 Å². The van der Waals surface area contributed by atoms with Gasteiger partial charge in [0.2, 0.25) is 0 Å². The van der Waals surface area contributed by atoms with Gasteiger partial charge in [-0.15, -0.1) is 11.3 Å². The Balaban J connectivity index is 2.17. The lowest BCUT2D eigenvalue weighted by Crippen LogP contribution is -1.67. The summed E-state index contributed by atoms with van der Waals surface area (Å²) >= 11 is 1.73. The van der Waals surface area contributed by atoms with Gasteiger partial charge in [-0.2, -0.15) is 0 Å². The Morgan fingerprint density at radius 2 is 1.88 bits per heavy atom. The fraction of sp³-hybridized carbons (Fsp3) is 0.0714. The molecule has 0 radical (unpaired) electrons. The van der Waals surface area contributed by atoms with E-state index in [2.05, 4.69) is 24.3 Å². The SMILES string of the molecule is O=CCC=Cc1ccc(-c2ccccc2)s1. The van der Waals surface area contributed by atoms with Crippen molar-refractivity contribution in [2.75, 3.05) is 0 Å². The molecule has 1 nitrogen and oxygen atoms in total. The molecule has 0 spiro atoms. The smallest absolute Gasteiger partial charge is 0.123 e. The molecule has 0 aliphatic heterocycles. The molecule has 0 aliphatic carbocycles. The van der Waals surface area contributed by atoms with E-state index in [1.54, 1.807) is 11.3 Å². The first-order chi connectivity index (χ1) is 7.90. The van der Waals surface area contributed by atoms with Crippen LogP contribution >= 0.6 is 11.3 Å². The van der Waals surface area contributed by atoms with E-state index in [0.29, 0.717) is 6.42 Å². The van der Waals surface area contributed by atoms with Crippen LogP contribution in [0.1, 0.15) is 11.3 Å². The lowest BCUT2D eigenvalue weighted by atomic mass is 10.2. The molecule has 1 aromatic carbocycles. The summed E-state index contributed by atoms with van der Waals surface area (Å²) in [5.41, 5.74) is 1.24. The summed E-state index contributed by atoms with van der Waals surface area (Å²) in [6, 6.07) is 14.5. The fourth-order valence-corrected chi connectivity index (χ4v) is 2.38. The van der Waals surface area contributed by atoms with Crippen molar-refractivity contribution in [3.8, 4) is 10.4 Å². The van der Waals surface area contributed by atoms with Crippen LogP contribution < -0.4 is 0 Å². The molecule has 1 heterocycles. The van der Waals surface area contributed by atoms with Crippen molar-refractivity contribution in [1.29, 1.82) is 0 Å². The van der Waals surface area contributed by atoms with Gasteiger partial charge in [0.1, 0.15) is 6.29 Å². The van der Waals surface area contributed by atoms with Crippen LogP contribution in [0.5, 0.6) is 0 Å². The van der Waals surface area contributed by atoms with Crippen molar-refractivity contribution >= 4 is 23.7 Å². The first kappa shape index (κ1) is 10.8. The van der Waals surface area contributed by atoms with Crippen molar-refractivity contribution in [3.05, 3.63) is 53.4 Å². The van der Waals surface area contributed by atoms with Crippen LogP contribution in [0.3, 0.4) is 0 Å². The lowest BCUT2D eigenvalue weighted by Gasteiger charge is -1.94. The van der Waals surface area contributed by atoms with Crippen molar-refractivity contribution in [2.24, 2.45) is 0 Å². The standard InChI is InChI=1S/C14H12OS/c15-11-5-4-8-13-9-10-14(16-13)12-6-2-1-3-7-12/h1-4,6-11H,5H2. The van der Waals surface area contributed by atoms with Crippen LogP contribution in [0, 0.1) is 0 Å². The number of allylic oxidation sites excluding steroid dienone is 1. The predicted molar refractivity (Wildman–Crippen MR) is 69.5 cm³/mol. The lowest BCUT2D eigenvalue weighted by molar-refractivity contribution is -0.107. The van der Waals surface area contributed by atoms with Crippen LogP contribution in [0.25, 0.3) is 16.5 Å². The second-order valence-electron chi connectivity index (χ2n) is 3.37. The third kappa shape index (κ3) is 2.67. The minimum atomic E-state index is 0.485. The molecule has 2 rings (SSSR count). The van der Waals surface area contributed by atoms with Crippen LogP contribution in [0.4, 0.5) is 0 Å². The molecule has 0 atom stereocenters. The average Bonchev–Trinajstić information content (AvgIpc) is 2.79. The quantitative estimate of drug-likeness (QED) is 0.722. The summed E-state index contributed by atoms with van der Waals surface area (Å²) in [5, 5.41) is 0. The Morgan fingerprint density at radius 3 is 2.62 bits per heavy atom. The number of thiophene rings is 1. The molecular formula is C14H12OS. The molecule has 0 saturated carbocycles. The van der Waals surface area contributed by atoms with E-state index in [-0.39, 0.29) is 0 Å². The third-order valence-electron chi connectivity index (χ3n) is 2.20. The Morgan fingerprint density at radius 1 is 1.06 bits per heavy atom. The summed E-state index contributed by atoms with van der Waals surface area (Å²) in [4.78, 5) is 12.6. The highest BCUT2D eigenvalue weighted by molar-refractivity contribution is 7.16. The zero-order chi connectivity index (χ0) is 11.2. The number of rotatable bonds is 4. The Bertz CT molecular complexity index is 482. The first-order valence-electron chi connectivity index (χ1n) is 5.15. The van der Waals surface area contributed by atoms with Gasteiger partial charge in [0.05, 0.1) is 0 Å². The number of carbonyl (C=O) groups excluding carboxylic acids is 1. The minimum absolute atomic E-state index is 0.485. The largest absolute Gasteiger partial charge is 0.303 e. The van der Waals surface area contributed by atoms with Gasteiger partial charge >= 0.3 is 0 Å². The van der Waals surface area contributed by atoms with Crippen molar-refractivity contribution in [1.82, 2.24) is 0 Å². The molecule has 2 heteroatoms. The van der Waals surface area contributed by atoms with E-state index in [0.717, 1.165) is 6.29 Å². The summed E-state index contributed by atoms with van der Waals surface area (Å²) in [6.07, 6.45) is 5.26. The molecule has 0 bridgehead atoms. The highest BCUT2D eigenvalue weighted by Crippen LogP contribution is 2.28. The Labute approximate surface area is 99.1 Å². The van der Waals surface area contributed by atoms with E-state index in [9.17, 15) is 4.79 Å². The van der Waals surface area contributed by atoms with Crippen molar-refractivity contribution in [2.45, 2.75) is 6.42 Å². The molecule has 80 valence electrons. The third-order valence-corrected chi connectivity index (χ3v) is 3.30. The number of benzene rings is 1. The van der Waals surface area contributed by atoms with Gasteiger partial charge in [-0.3, -0.25) is 0 Å². The van der Waals surface area contributed by atoms with E-state index >= 15 is 0 Å². The fourth-order valence-electron chi connectivity index (χ4n) is 1.44. The summed E-state index contributed by atoms with van der Waals surface area (Å²) < 4.78 is 0. The van der Waals surface area contributed by atoms with E-state index < -0.39 is 0 Å². The van der Waals surface area contributed by atoms with Gasteiger partial charge in [0, 0.05) is 16.2 Å². The molecule has 0 amide bonds. The van der Waals surface area contributed by atoms with Gasteiger partial charge < -0.3 is 4.79 Å². The highest BCUT2D eigenvalue weighted by Gasteiger charge is 1.99. The van der Waals surface area contributed by atoms with Crippen molar-refractivity contribution in [3.63, 3.8) is 0 Å². The summed E-state index contributed by atoms with van der Waals surface area (Å²) in [7, 11) is 0. The monoisotopic (exact) mass is 228 g/mol. The number of aldehydes is 1. The van der Waals surface area contributed by atoms with Crippen LogP contribution in [0.2, 0.25) is 0 Å². The second kappa shape index (κ2) is 5.42. The molecule has 0 unspecified atom stereocenters. The highest BCUT2D eigenvalue weighted by atomic mass is 32.1. The van der Waals surface area contributed by atoms with E-state index in [1.165, 1.54) is 15.3 Å². The van der Waals surface area contributed by atoms with Gasteiger partial charge in [-0.05, 0) is 23.8 Å². The minimum Gasteiger partial charge on any atom is -0.303 e. The Hall–Kier alpha value is -1.67. The maximum absolute atomic E-state index is 10.2. The van der Waals surface area contributed by atoms with Gasteiger partial charge in [-0.1, -0.05) is 36.4 Å². The van der Waals surface area contributed by atoms with Crippen molar-refractivity contribution < 1.29 is 4.79 Å². The van der Waals surface area contributed by atoms with Crippen LogP contribution in [-0.4, -0.2) is 6.29 Å². The molecule has 16 heavy (non-hydrogen) atoms. The summed E-state index contributed by atoms with van der Waals surface area (Å²) in [6.45, 7) is 0. The zero-order valence-electron chi connectivity index (χ0n) is 8.80. The number of hydrogen-bond donors (Lipinski definition) is 0. The van der Waals surface area contributed by atoms with Crippen LogP contribution in [0.15, 0.2) is 48.5 Å². The average molecular weight is 228 g/mol. The van der Waals surface area contributed by atoms with Crippen LogP contribution in [-0.2, 0) is 4.79 Å². The zero-order valence-corrected chi connectivity index (χ0v) is 9.61. The molecule has 2 aromatic rings. The molecule has 0 N–H and O–H groups in total. The maximum Gasteiger partial charge on any atom is 0.123 e. The second-order valence-corrected chi connectivity index (χ2v) is 4.49. The van der Waals surface area contributed by atoms with Gasteiger partial charge in [-0.25, -0.2) is 0 Å². The molecule has 0 fully saturated rings. The topological polar surface area (TPSA) is 17.1 Å². The van der Waals surface area contributed by atoms with E-state index in [4.69, 9.17) is 0 Å². The number of hydrogen-bond acceptors (Lipinski definition) is 2. The molecule has 1 aromatic heterocycles. The maximum atomic E-state index is 10.2. The molecule has 0 saturated heterocycles. The molecule has 0 aliphatic rings. The van der Waals surface area contributed by atoms with Gasteiger partial charge in [0.25, 0.3) is 0 Å². The Kier molecular flexibility index (Phi) is 3.67. The first-order valence-corrected chi connectivity index (χ1v) is 5.97. The van der Waals surface area contributed by atoms with E-state index in [1.807, 2.05) is 30.4 Å². The summed E-state index contributed by atoms with van der Waals surface area (Å²) in [5.74, 6) is 0. The number of carbonyl (C=O) groups is 1. The normalized spacial score (nSPS) is 10.8.